The predicted octanol–water partition coefficient (Wildman–Crippen LogP) is 3.32. The van der Waals surface area contributed by atoms with Gasteiger partial charge in [0, 0.05) is 23.6 Å². The number of rotatable bonds is 10. The number of nitrogens with zero attached hydrogens (tertiary/aromatic N) is 2. The summed E-state index contributed by atoms with van der Waals surface area (Å²) in [7, 11) is -0.838. The minimum atomic E-state index is -3.87. The van der Waals surface area contributed by atoms with Crippen LogP contribution in [0.1, 0.15) is 18.9 Å². The van der Waals surface area contributed by atoms with E-state index in [2.05, 4.69) is 5.32 Å². The Morgan fingerprint density at radius 3 is 2.12 bits per heavy atom. The Hall–Kier alpha value is -2.49. The first-order valence-electron chi connectivity index (χ1n) is 10.1. The van der Waals surface area contributed by atoms with Gasteiger partial charge < -0.3 is 15.0 Å². The third-order valence-electron chi connectivity index (χ3n) is 4.96. The Morgan fingerprint density at radius 1 is 1.09 bits per heavy atom. The van der Waals surface area contributed by atoms with Crippen LogP contribution in [0.15, 0.2) is 42.5 Å². The third-order valence-corrected chi connectivity index (χ3v) is 6.54. The van der Waals surface area contributed by atoms with Crippen molar-refractivity contribution in [2.45, 2.75) is 25.9 Å². The summed E-state index contributed by atoms with van der Waals surface area (Å²) in [6.07, 6.45) is 1.32. The van der Waals surface area contributed by atoms with Crippen molar-refractivity contribution in [1.82, 2.24) is 10.2 Å². The second-order valence-electron chi connectivity index (χ2n) is 7.31. The molecule has 2 aromatic carbocycles. The van der Waals surface area contributed by atoms with Crippen LogP contribution in [0.4, 0.5) is 5.69 Å². The van der Waals surface area contributed by atoms with E-state index in [9.17, 15) is 18.0 Å². The number of carbonyl (C=O) groups excluding carboxylic acids is 2. The first kappa shape index (κ1) is 26.8. The van der Waals surface area contributed by atoms with Gasteiger partial charge in [-0.3, -0.25) is 13.9 Å². The molecule has 180 valence electrons. The third kappa shape index (κ3) is 7.25. The summed E-state index contributed by atoms with van der Waals surface area (Å²) >= 11 is 12.1. The molecule has 0 aromatic heterocycles. The van der Waals surface area contributed by atoms with Gasteiger partial charge in [0.05, 0.1) is 19.1 Å². The second kappa shape index (κ2) is 11.6. The summed E-state index contributed by atoms with van der Waals surface area (Å²) in [6, 6.07) is 10.5. The van der Waals surface area contributed by atoms with Gasteiger partial charge in [-0.25, -0.2) is 8.42 Å². The quantitative estimate of drug-likeness (QED) is 0.523. The number of benzene rings is 2. The summed E-state index contributed by atoms with van der Waals surface area (Å²) in [5.74, 6) is -0.255. The lowest BCUT2D eigenvalue weighted by Crippen LogP contribution is -2.51. The topological polar surface area (TPSA) is 96.0 Å². The number of nitrogens with one attached hydrogen (secondary N) is 1. The van der Waals surface area contributed by atoms with Crippen molar-refractivity contribution in [3.05, 3.63) is 58.1 Å². The van der Waals surface area contributed by atoms with Gasteiger partial charge in [-0.2, -0.15) is 0 Å². The van der Waals surface area contributed by atoms with E-state index in [0.717, 1.165) is 16.1 Å². The van der Waals surface area contributed by atoms with Crippen molar-refractivity contribution in [2.75, 3.05) is 31.3 Å². The zero-order valence-electron chi connectivity index (χ0n) is 18.8. The van der Waals surface area contributed by atoms with E-state index in [0.29, 0.717) is 12.2 Å². The molecule has 1 N–H and O–H groups in total. The fourth-order valence-corrected chi connectivity index (χ4v) is 4.66. The number of sulfonamides is 1. The van der Waals surface area contributed by atoms with Crippen LogP contribution >= 0.6 is 23.2 Å². The lowest BCUT2D eigenvalue weighted by molar-refractivity contribution is -0.140. The molecule has 0 saturated carbocycles. The van der Waals surface area contributed by atoms with E-state index in [4.69, 9.17) is 27.9 Å². The lowest BCUT2D eigenvalue weighted by Gasteiger charge is -2.32. The van der Waals surface area contributed by atoms with E-state index in [1.54, 1.807) is 38.3 Å². The average molecular weight is 516 g/mol. The van der Waals surface area contributed by atoms with Gasteiger partial charge in [0.1, 0.15) is 18.3 Å². The van der Waals surface area contributed by atoms with Gasteiger partial charge in [-0.15, -0.1) is 0 Å². The highest BCUT2D eigenvalue weighted by atomic mass is 35.5. The number of likely N-dealkylation sites (N-methyl/N-ethyl adjacent to an activating group) is 1. The number of methoxy groups -OCH3 is 1. The maximum Gasteiger partial charge on any atom is 0.244 e. The molecular weight excluding hydrogens is 489 g/mol. The summed E-state index contributed by atoms with van der Waals surface area (Å²) in [5, 5.41) is 3.02. The molecule has 0 saturated heterocycles. The molecule has 2 amide bonds. The van der Waals surface area contributed by atoms with Crippen molar-refractivity contribution in [1.29, 1.82) is 0 Å². The Morgan fingerprint density at radius 2 is 1.67 bits per heavy atom. The van der Waals surface area contributed by atoms with Gasteiger partial charge in [-0.1, -0.05) is 42.3 Å². The van der Waals surface area contributed by atoms with Gasteiger partial charge >= 0.3 is 0 Å². The van der Waals surface area contributed by atoms with Crippen LogP contribution < -0.4 is 14.4 Å². The largest absolute Gasteiger partial charge is 0.497 e. The van der Waals surface area contributed by atoms with Crippen LogP contribution in [0.5, 0.6) is 5.75 Å². The maximum absolute atomic E-state index is 13.4. The van der Waals surface area contributed by atoms with Crippen LogP contribution in [0.25, 0.3) is 0 Å². The minimum Gasteiger partial charge on any atom is -0.497 e. The van der Waals surface area contributed by atoms with Gasteiger partial charge in [0.2, 0.25) is 21.8 Å². The lowest BCUT2D eigenvalue weighted by atomic mass is 10.1. The number of carbonyl (C=O) groups is 2. The Balaban J connectivity index is 2.44. The average Bonchev–Trinajstić information content (AvgIpc) is 2.75. The van der Waals surface area contributed by atoms with Crippen molar-refractivity contribution in [2.24, 2.45) is 0 Å². The number of anilines is 1. The van der Waals surface area contributed by atoms with E-state index < -0.39 is 28.5 Å². The highest BCUT2D eigenvalue weighted by molar-refractivity contribution is 7.92. The molecule has 1 unspecified atom stereocenters. The Kier molecular flexibility index (Phi) is 9.39. The molecule has 2 rings (SSSR count). The first-order chi connectivity index (χ1) is 15.5. The van der Waals surface area contributed by atoms with Crippen LogP contribution in [0, 0.1) is 0 Å². The molecule has 0 bridgehead atoms. The molecule has 0 aliphatic heterocycles. The smallest absolute Gasteiger partial charge is 0.244 e. The molecule has 0 fully saturated rings. The fourth-order valence-electron chi connectivity index (χ4n) is 3.31. The monoisotopic (exact) mass is 515 g/mol. The highest BCUT2D eigenvalue weighted by Gasteiger charge is 2.31. The standard InChI is InChI=1S/C22H27Cl2N3O5S/c1-5-20(22(29)25-2)26(13-15-6-8-19(32-3)9-7-15)21(28)14-27(33(4,30)31)18-11-16(23)10-17(24)12-18/h6-12,20H,5,13-14H2,1-4H3,(H,25,29). The molecule has 11 heteroatoms. The minimum absolute atomic E-state index is 0.0999. The normalized spacial score (nSPS) is 12.1. The number of ether oxygens (including phenoxy) is 1. The zero-order chi connectivity index (χ0) is 24.8. The number of amides is 2. The molecule has 0 aliphatic rings. The molecule has 1 atom stereocenters. The van der Waals surface area contributed by atoms with Crippen LogP contribution in [0.2, 0.25) is 10.0 Å². The van der Waals surface area contributed by atoms with Gasteiger partial charge in [0.15, 0.2) is 0 Å². The highest BCUT2D eigenvalue weighted by Crippen LogP contribution is 2.27. The summed E-state index contributed by atoms with van der Waals surface area (Å²) in [6.45, 7) is 1.35. The van der Waals surface area contributed by atoms with Crippen molar-refractivity contribution in [3.63, 3.8) is 0 Å². The van der Waals surface area contributed by atoms with Crippen molar-refractivity contribution in [3.8, 4) is 5.75 Å². The van der Waals surface area contributed by atoms with Crippen molar-refractivity contribution < 1.29 is 22.7 Å². The molecule has 0 radical (unpaired) electrons. The maximum atomic E-state index is 13.4. The SMILES string of the molecule is CCC(C(=O)NC)N(Cc1ccc(OC)cc1)C(=O)CN(c1cc(Cl)cc(Cl)c1)S(C)(=O)=O. The molecular formula is C22H27Cl2N3O5S. The number of hydrogen-bond acceptors (Lipinski definition) is 5. The number of halogens is 2. The summed E-state index contributed by atoms with van der Waals surface area (Å²) in [5.41, 5.74) is 0.906. The van der Waals surface area contributed by atoms with E-state index in [-0.39, 0.29) is 28.2 Å². The molecule has 0 heterocycles. The molecule has 33 heavy (non-hydrogen) atoms. The van der Waals surface area contributed by atoms with E-state index >= 15 is 0 Å². The van der Waals surface area contributed by atoms with Crippen LogP contribution in [-0.2, 0) is 26.2 Å². The summed E-state index contributed by atoms with van der Waals surface area (Å²) < 4.78 is 31.2. The Labute approximate surface area is 204 Å². The molecule has 0 spiro atoms. The van der Waals surface area contributed by atoms with E-state index in [1.165, 1.54) is 30.1 Å². The second-order valence-corrected chi connectivity index (χ2v) is 10.1. The van der Waals surface area contributed by atoms with Gasteiger partial charge in [-0.05, 0) is 42.3 Å². The molecule has 0 aliphatic carbocycles. The summed E-state index contributed by atoms with van der Waals surface area (Å²) in [4.78, 5) is 27.3. The zero-order valence-corrected chi connectivity index (χ0v) is 21.2. The number of hydrogen-bond donors (Lipinski definition) is 1. The fraction of sp³-hybridized carbons (Fsp3) is 0.364. The van der Waals surface area contributed by atoms with E-state index in [1.807, 2.05) is 0 Å². The van der Waals surface area contributed by atoms with Crippen LogP contribution in [-0.4, -0.2) is 58.1 Å². The van der Waals surface area contributed by atoms with Crippen LogP contribution in [0.3, 0.4) is 0 Å². The Bertz CT molecular complexity index is 1070. The first-order valence-corrected chi connectivity index (χ1v) is 12.7. The predicted molar refractivity (Wildman–Crippen MR) is 130 cm³/mol. The molecule has 8 nitrogen and oxygen atoms in total. The van der Waals surface area contributed by atoms with Crippen molar-refractivity contribution >= 4 is 50.7 Å². The molecule has 2 aromatic rings. The van der Waals surface area contributed by atoms with Gasteiger partial charge in [0.25, 0.3) is 0 Å².